The number of nitrogens with one attached hydrogen (secondary N) is 1. The maximum absolute atomic E-state index is 11.7. The molecule has 0 saturated carbocycles. The predicted molar refractivity (Wildman–Crippen MR) is 65.8 cm³/mol. The van der Waals surface area contributed by atoms with Crippen LogP contribution in [0.15, 0.2) is 18.2 Å². The molecular formula is C10H10Cl2N2O3. The van der Waals surface area contributed by atoms with Crippen molar-refractivity contribution in [2.75, 3.05) is 12.4 Å². The van der Waals surface area contributed by atoms with Crippen molar-refractivity contribution in [2.24, 2.45) is 0 Å². The van der Waals surface area contributed by atoms with Gasteiger partial charge < -0.3 is 5.32 Å². The SMILES string of the molecule is O=C(NCCCCl)c1cc([N+](=O)[O-])ccc1Cl. The molecule has 17 heavy (non-hydrogen) atoms. The zero-order valence-corrected chi connectivity index (χ0v) is 10.3. The zero-order valence-electron chi connectivity index (χ0n) is 8.78. The lowest BCUT2D eigenvalue weighted by molar-refractivity contribution is -0.384. The van der Waals surface area contributed by atoms with Crippen LogP contribution in [0.2, 0.25) is 5.02 Å². The number of halogens is 2. The fourth-order valence-corrected chi connectivity index (χ4v) is 1.50. The van der Waals surface area contributed by atoms with Crippen LogP contribution in [-0.4, -0.2) is 23.3 Å². The standard InChI is InChI=1S/C10H10Cl2N2O3/c11-4-1-5-13-10(15)8-6-7(14(16)17)2-3-9(8)12/h2-3,6H,1,4-5H2,(H,13,15). The molecule has 0 fully saturated rings. The summed E-state index contributed by atoms with van der Waals surface area (Å²) in [6, 6.07) is 3.73. The van der Waals surface area contributed by atoms with Crippen LogP contribution in [0.5, 0.6) is 0 Å². The summed E-state index contributed by atoms with van der Waals surface area (Å²) in [4.78, 5) is 21.6. The third kappa shape index (κ3) is 3.87. The second-order valence-corrected chi connectivity index (χ2v) is 4.00. The minimum absolute atomic E-state index is 0.0930. The average Bonchev–Trinajstić information content (AvgIpc) is 2.29. The van der Waals surface area contributed by atoms with Gasteiger partial charge in [0.15, 0.2) is 0 Å². The van der Waals surface area contributed by atoms with Crippen LogP contribution in [0.3, 0.4) is 0 Å². The minimum atomic E-state index is -0.578. The number of hydrogen-bond acceptors (Lipinski definition) is 3. The molecule has 1 aromatic rings. The summed E-state index contributed by atoms with van der Waals surface area (Å²) in [5.41, 5.74) is -0.0765. The molecule has 5 nitrogen and oxygen atoms in total. The van der Waals surface area contributed by atoms with E-state index in [9.17, 15) is 14.9 Å². The summed E-state index contributed by atoms with van der Waals surface area (Å²) in [6.45, 7) is 0.404. The molecular weight excluding hydrogens is 267 g/mol. The van der Waals surface area contributed by atoms with Gasteiger partial charge >= 0.3 is 0 Å². The molecule has 1 amide bonds. The number of carbonyl (C=O) groups is 1. The molecule has 0 aliphatic heterocycles. The molecule has 0 heterocycles. The number of nitrogens with zero attached hydrogens (tertiary/aromatic N) is 1. The Morgan fingerprint density at radius 3 is 2.76 bits per heavy atom. The van der Waals surface area contributed by atoms with Gasteiger partial charge in [-0.3, -0.25) is 14.9 Å². The maximum Gasteiger partial charge on any atom is 0.270 e. The first-order chi connectivity index (χ1) is 8.06. The average molecular weight is 277 g/mol. The molecule has 0 saturated heterocycles. The van der Waals surface area contributed by atoms with E-state index in [1.807, 2.05) is 0 Å². The van der Waals surface area contributed by atoms with Crippen molar-refractivity contribution in [2.45, 2.75) is 6.42 Å². The molecule has 92 valence electrons. The first kappa shape index (κ1) is 13.7. The first-order valence-corrected chi connectivity index (χ1v) is 5.75. The van der Waals surface area contributed by atoms with Gasteiger partial charge in [-0.25, -0.2) is 0 Å². The number of nitro benzene ring substituents is 1. The van der Waals surface area contributed by atoms with Gasteiger partial charge in [-0.1, -0.05) is 11.6 Å². The van der Waals surface area contributed by atoms with E-state index in [4.69, 9.17) is 23.2 Å². The Bertz CT molecular complexity index is 438. The molecule has 1 rings (SSSR count). The van der Waals surface area contributed by atoms with E-state index >= 15 is 0 Å². The van der Waals surface area contributed by atoms with E-state index in [2.05, 4.69) is 5.32 Å². The van der Waals surface area contributed by atoms with Crippen molar-refractivity contribution in [3.8, 4) is 0 Å². The molecule has 0 aliphatic rings. The lowest BCUT2D eigenvalue weighted by Gasteiger charge is -2.05. The van der Waals surface area contributed by atoms with Crippen LogP contribution >= 0.6 is 23.2 Å². The van der Waals surface area contributed by atoms with Gasteiger partial charge in [-0.05, 0) is 12.5 Å². The van der Waals surface area contributed by atoms with Crippen molar-refractivity contribution in [1.29, 1.82) is 0 Å². The van der Waals surface area contributed by atoms with Crippen molar-refractivity contribution in [1.82, 2.24) is 5.32 Å². The topological polar surface area (TPSA) is 72.2 Å². The van der Waals surface area contributed by atoms with Gasteiger partial charge in [0.2, 0.25) is 0 Å². The molecule has 0 bridgehead atoms. The molecule has 0 radical (unpaired) electrons. The Balaban J connectivity index is 2.84. The second kappa shape index (κ2) is 6.42. The highest BCUT2D eigenvalue weighted by Crippen LogP contribution is 2.21. The lowest BCUT2D eigenvalue weighted by atomic mass is 10.2. The summed E-state index contributed by atoms with van der Waals surface area (Å²) >= 11 is 11.3. The fourth-order valence-electron chi connectivity index (χ4n) is 1.16. The number of carbonyl (C=O) groups excluding carboxylic acids is 1. The molecule has 0 spiro atoms. The van der Waals surface area contributed by atoms with Gasteiger partial charge in [0.1, 0.15) is 0 Å². The van der Waals surface area contributed by atoms with Crippen LogP contribution in [-0.2, 0) is 0 Å². The predicted octanol–water partition coefficient (Wildman–Crippen LogP) is 2.61. The zero-order chi connectivity index (χ0) is 12.8. The van der Waals surface area contributed by atoms with Crippen molar-refractivity contribution in [3.05, 3.63) is 38.9 Å². The highest BCUT2D eigenvalue weighted by atomic mass is 35.5. The van der Waals surface area contributed by atoms with E-state index in [0.717, 1.165) is 6.07 Å². The number of benzene rings is 1. The molecule has 1 aromatic carbocycles. The van der Waals surface area contributed by atoms with Gasteiger partial charge in [0.25, 0.3) is 11.6 Å². The van der Waals surface area contributed by atoms with Crippen LogP contribution in [0, 0.1) is 10.1 Å². The van der Waals surface area contributed by atoms with Gasteiger partial charge in [-0.15, -0.1) is 11.6 Å². The van der Waals surface area contributed by atoms with Crippen molar-refractivity contribution < 1.29 is 9.72 Å². The third-order valence-electron chi connectivity index (χ3n) is 2.00. The summed E-state index contributed by atoms with van der Waals surface area (Å²) in [5.74, 6) is -0.00743. The normalized spacial score (nSPS) is 10.0. The number of nitro groups is 1. The quantitative estimate of drug-likeness (QED) is 0.389. The Kier molecular flexibility index (Phi) is 5.18. The minimum Gasteiger partial charge on any atom is -0.352 e. The monoisotopic (exact) mass is 276 g/mol. The Morgan fingerprint density at radius 2 is 2.18 bits per heavy atom. The van der Waals surface area contributed by atoms with Gasteiger partial charge in [-0.2, -0.15) is 0 Å². The number of alkyl halides is 1. The smallest absolute Gasteiger partial charge is 0.270 e. The number of non-ortho nitro benzene ring substituents is 1. The van der Waals surface area contributed by atoms with Gasteiger partial charge in [0, 0.05) is 24.6 Å². The third-order valence-corrected chi connectivity index (χ3v) is 2.60. The summed E-state index contributed by atoms with van der Waals surface area (Å²) in [5, 5.41) is 13.3. The Hall–Kier alpha value is -1.33. The molecule has 0 atom stereocenters. The van der Waals surface area contributed by atoms with Crippen LogP contribution in [0.1, 0.15) is 16.8 Å². The lowest BCUT2D eigenvalue weighted by Crippen LogP contribution is -2.25. The highest BCUT2D eigenvalue weighted by molar-refractivity contribution is 6.33. The van der Waals surface area contributed by atoms with Crippen LogP contribution < -0.4 is 5.32 Å². The molecule has 7 heteroatoms. The van der Waals surface area contributed by atoms with Crippen molar-refractivity contribution in [3.63, 3.8) is 0 Å². The maximum atomic E-state index is 11.7. The van der Waals surface area contributed by atoms with Gasteiger partial charge in [0.05, 0.1) is 15.5 Å². The van der Waals surface area contributed by atoms with E-state index < -0.39 is 10.8 Å². The Labute approximate surface area is 108 Å². The number of rotatable bonds is 5. The van der Waals surface area contributed by atoms with Crippen LogP contribution in [0.4, 0.5) is 5.69 Å². The molecule has 1 N–H and O–H groups in total. The van der Waals surface area contributed by atoms with E-state index in [1.54, 1.807) is 0 Å². The first-order valence-electron chi connectivity index (χ1n) is 4.84. The Morgan fingerprint density at radius 1 is 1.47 bits per heavy atom. The fraction of sp³-hybridized carbons (Fsp3) is 0.300. The number of hydrogen-bond donors (Lipinski definition) is 1. The second-order valence-electron chi connectivity index (χ2n) is 3.22. The molecule has 0 aliphatic carbocycles. The van der Waals surface area contributed by atoms with E-state index in [-0.39, 0.29) is 16.3 Å². The van der Waals surface area contributed by atoms with Crippen LogP contribution in [0.25, 0.3) is 0 Å². The summed E-state index contributed by atoms with van der Waals surface area (Å²) in [6.07, 6.45) is 0.625. The van der Waals surface area contributed by atoms with E-state index in [0.29, 0.717) is 18.8 Å². The summed E-state index contributed by atoms with van der Waals surface area (Å²) in [7, 11) is 0. The number of amides is 1. The van der Waals surface area contributed by atoms with Crippen molar-refractivity contribution >= 4 is 34.8 Å². The largest absolute Gasteiger partial charge is 0.352 e. The van der Waals surface area contributed by atoms with E-state index in [1.165, 1.54) is 12.1 Å². The molecule has 0 unspecified atom stereocenters. The molecule has 0 aromatic heterocycles. The highest BCUT2D eigenvalue weighted by Gasteiger charge is 2.15. The summed E-state index contributed by atoms with van der Waals surface area (Å²) < 4.78 is 0.